The maximum absolute atomic E-state index is 13.5. The number of amides is 4. The summed E-state index contributed by atoms with van der Waals surface area (Å²) in [6.45, 7) is 3.52. The van der Waals surface area contributed by atoms with Crippen LogP contribution in [-0.2, 0) is 27.3 Å². The van der Waals surface area contributed by atoms with Crippen LogP contribution in [-0.4, -0.2) is 121 Å². The topological polar surface area (TPSA) is 185 Å². The van der Waals surface area contributed by atoms with Gasteiger partial charge in [0.1, 0.15) is 12.1 Å². The van der Waals surface area contributed by atoms with Crippen LogP contribution in [0.4, 0.5) is 10.8 Å². The summed E-state index contributed by atoms with van der Waals surface area (Å²) in [7, 11) is 1.88. The van der Waals surface area contributed by atoms with Crippen LogP contribution >= 0.6 is 11.3 Å². The Morgan fingerprint density at radius 3 is 2.53 bits per heavy atom. The van der Waals surface area contributed by atoms with Gasteiger partial charge in [-0.05, 0) is 73.6 Å². The zero-order valence-electron chi connectivity index (χ0n) is 32.5. The van der Waals surface area contributed by atoms with Crippen LogP contribution in [0.15, 0.2) is 54.9 Å². The average molecular weight is 811 g/mol. The molecule has 59 heavy (non-hydrogen) atoms. The van der Waals surface area contributed by atoms with E-state index in [4.69, 9.17) is 4.98 Å². The van der Waals surface area contributed by atoms with E-state index in [9.17, 15) is 24.4 Å². The molecule has 0 radical (unpaired) electrons. The summed E-state index contributed by atoms with van der Waals surface area (Å²) < 4.78 is 1.78. The van der Waals surface area contributed by atoms with E-state index < -0.39 is 11.9 Å². The van der Waals surface area contributed by atoms with Crippen LogP contribution in [0.25, 0.3) is 27.5 Å². The Morgan fingerprint density at radius 2 is 1.76 bits per heavy atom. The molecule has 0 saturated carbocycles. The van der Waals surface area contributed by atoms with Crippen LogP contribution in [0.1, 0.15) is 65.6 Å². The fourth-order valence-electron chi connectivity index (χ4n) is 9.80. The molecular weight excluding hydrogens is 769 g/mol. The van der Waals surface area contributed by atoms with Gasteiger partial charge in [0.05, 0.1) is 40.6 Å². The van der Waals surface area contributed by atoms with Crippen molar-refractivity contribution in [3.63, 3.8) is 0 Å². The monoisotopic (exact) mass is 810 g/mol. The number of hydrogen-bond donors (Lipinski definition) is 2. The number of hydrogen-bond acceptors (Lipinski definition) is 13. The minimum Gasteiger partial charge on any atom is -0.387 e. The smallest absolute Gasteiger partial charge is 0.255 e. The number of nitrogens with zero attached hydrogens (tertiary/aromatic N) is 10. The summed E-state index contributed by atoms with van der Waals surface area (Å²) in [5.41, 5.74) is 6.91. The molecule has 0 spiro atoms. The second-order valence-corrected chi connectivity index (χ2v) is 17.0. The number of piperidine rings is 2. The van der Waals surface area contributed by atoms with Gasteiger partial charge in [-0.25, -0.2) is 4.52 Å². The molecule has 9 heterocycles. The number of pyridine rings is 1. The predicted molar refractivity (Wildman–Crippen MR) is 218 cm³/mol. The van der Waals surface area contributed by atoms with Crippen LogP contribution in [0.2, 0.25) is 0 Å². The van der Waals surface area contributed by atoms with Crippen LogP contribution in [0.5, 0.6) is 0 Å². The van der Waals surface area contributed by atoms with Crippen LogP contribution in [0, 0.1) is 11.3 Å². The molecule has 17 heteroatoms. The number of benzene rings is 1. The molecular formula is C42H42N12O4S. The Kier molecular flexibility index (Phi) is 9.32. The molecule has 5 aliphatic rings. The van der Waals surface area contributed by atoms with Gasteiger partial charge in [-0.1, -0.05) is 23.5 Å². The average Bonchev–Trinajstić information content (AvgIpc) is 4.04. The lowest BCUT2D eigenvalue weighted by molar-refractivity contribution is -0.137. The van der Waals surface area contributed by atoms with E-state index in [1.165, 1.54) is 4.90 Å². The van der Waals surface area contributed by atoms with Gasteiger partial charge < -0.3 is 20.0 Å². The van der Waals surface area contributed by atoms with Crippen molar-refractivity contribution in [3.05, 3.63) is 77.1 Å². The van der Waals surface area contributed by atoms with Crippen LogP contribution < -0.4 is 15.5 Å². The van der Waals surface area contributed by atoms with Crippen molar-refractivity contribution in [2.75, 3.05) is 43.4 Å². The number of fused-ring (bicyclic) bond motifs is 4. The van der Waals surface area contributed by atoms with Crippen molar-refractivity contribution < 1.29 is 19.2 Å². The number of carbonyl (C=O) groups excluding carboxylic acids is 4. The van der Waals surface area contributed by atoms with Crippen molar-refractivity contribution in [2.45, 2.75) is 75.7 Å². The largest absolute Gasteiger partial charge is 0.387 e. The van der Waals surface area contributed by atoms with Gasteiger partial charge in [0, 0.05) is 81.8 Å². The highest BCUT2D eigenvalue weighted by Crippen LogP contribution is 2.40. The Morgan fingerprint density at radius 1 is 0.949 bits per heavy atom. The maximum Gasteiger partial charge on any atom is 0.255 e. The van der Waals surface area contributed by atoms with Gasteiger partial charge in [-0.15, -0.1) is 10.2 Å². The number of imide groups is 1. The van der Waals surface area contributed by atoms with Crippen molar-refractivity contribution >= 4 is 51.3 Å². The standard InChI is InChI=1S/C42H42N12O4S/c1-44-33-17-34(35-7-5-28-15-25(18-43)19-46-54(28)35)45-20-32(33)40-48-49-42(59-40)51-22-29-3-4-30(23-51)53(29)27-10-12-50(13-11-27)38(56)16-24-2-6-31-26(14-24)21-52(41(31)58)36-8-9-37(55)47-39(36)57/h2,5-7,14-15,17,19-20,27,29-30,36H,3-4,8-13,16,21-23H2,1H3,(H,44,45)(H,47,55,57). The Balaban J connectivity index is 0.748. The summed E-state index contributed by atoms with van der Waals surface area (Å²) in [6, 6.07) is 16.0. The lowest BCUT2D eigenvalue weighted by atomic mass is 9.98. The van der Waals surface area contributed by atoms with Gasteiger partial charge in [-0.3, -0.25) is 34.4 Å². The van der Waals surface area contributed by atoms with Gasteiger partial charge in [-0.2, -0.15) is 10.4 Å². The van der Waals surface area contributed by atoms with Crippen molar-refractivity contribution in [2.24, 2.45) is 0 Å². The van der Waals surface area contributed by atoms with E-state index in [2.05, 4.69) is 41.8 Å². The molecule has 4 aromatic heterocycles. The number of nitrogens with one attached hydrogen (secondary N) is 2. The Bertz CT molecular complexity index is 2560. The molecule has 10 rings (SSSR count). The summed E-state index contributed by atoms with van der Waals surface area (Å²) in [4.78, 5) is 64.2. The first-order chi connectivity index (χ1) is 28.7. The number of likely N-dealkylation sites (tertiary alicyclic amines) is 1. The first-order valence-corrected chi connectivity index (χ1v) is 21.0. The number of carbonyl (C=O) groups is 4. The summed E-state index contributed by atoms with van der Waals surface area (Å²) >= 11 is 1.58. The number of anilines is 2. The number of aromatic nitrogens is 5. The zero-order chi connectivity index (χ0) is 40.4. The number of nitriles is 1. The predicted octanol–water partition coefficient (Wildman–Crippen LogP) is 3.48. The van der Waals surface area contributed by atoms with Crippen molar-refractivity contribution in [3.8, 4) is 28.0 Å². The number of piperazine rings is 1. The summed E-state index contributed by atoms with van der Waals surface area (Å²) in [5.74, 6) is -0.858. The third kappa shape index (κ3) is 6.65. The van der Waals surface area contributed by atoms with E-state index in [1.807, 2.05) is 48.5 Å². The van der Waals surface area contributed by atoms with E-state index in [0.717, 1.165) is 101 Å². The molecule has 2 bridgehead atoms. The lowest BCUT2D eigenvalue weighted by Crippen LogP contribution is -2.59. The van der Waals surface area contributed by atoms with Gasteiger partial charge in [0.25, 0.3) is 5.91 Å². The highest BCUT2D eigenvalue weighted by Gasteiger charge is 2.45. The summed E-state index contributed by atoms with van der Waals surface area (Å²) in [6.07, 6.45) is 8.35. The quantitative estimate of drug-likeness (QED) is 0.218. The second-order valence-electron chi connectivity index (χ2n) is 16.1. The molecule has 1 aromatic carbocycles. The molecule has 300 valence electrons. The number of rotatable bonds is 8. The highest BCUT2D eigenvalue weighted by atomic mass is 32.1. The van der Waals surface area contributed by atoms with E-state index >= 15 is 0 Å². The van der Waals surface area contributed by atoms with Crippen LogP contribution in [0.3, 0.4) is 0 Å². The molecule has 3 unspecified atom stereocenters. The van der Waals surface area contributed by atoms with Gasteiger partial charge >= 0.3 is 0 Å². The molecule has 4 amide bonds. The Hall–Kier alpha value is -6.25. The first-order valence-electron chi connectivity index (χ1n) is 20.2. The molecule has 0 aliphatic carbocycles. The molecule has 2 N–H and O–H groups in total. The van der Waals surface area contributed by atoms with Gasteiger partial charge in [0.15, 0.2) is 5.01 Å². The summed E-state index contributed by atoms with van der Waals surface area (Å²) in [5, 5.41) is 30.4. The minimum absolute atomic E-state index is 0.0892. The van der Waals surface area contributed by atoms with E-state index in [0.29, 0.717) is 42.2 Å². The third-order valence-electron chi connectivity index (χ3n) is 12.7. The molecule has 5 aromatic rings. The Labute approximate surface area is 343 Å². The second kappa shape index (κ2) is 14.8. The van der Waals surface area contributed by atoms with E-state index in [1.54, 1.807) is 34.2 Å². The minimum atomic E-state index is -0.660. The van der Waals surface area contributed by atoms with Gasteiger partial charge in [0.2, 0.25) is 22.9 Å². The zero-order valence-corrected chi connectivity index (χ0v) is 33.3. The molecule has 5 aliphatic heterocycles. The molecule has 4 fully saturated rings. The first kappa shape index (κ1) is 37.0. The molecule has 3 atom stereocenters. The fraction of sp³-hybridized carbons (Fsp3) is 0.405. The molecule has 16 nitrogen and oxygen atoms in total. The SMILES string of the molecule is CNc1cc(-c2ccc3cc(C#N)cnn23)ncc1-c1nnc(N2CC3CCC(C2)N3C2CCN(C(=O)Cc3ccc4c(c3)CN(C3CCC(=O)NC3=O)C4=O)CC2)s1. The lowest BCUT2D eigenvalue weighted by Gasteiger charge is -2.47. The third-order valence-corrected chi connectivity index (χ3v) is 13.7. The fourth-order valence-corrected chi connectivity index (χ4v) is 10.7. The molecule has 4 saturated heterocycles. The normalized spacial score (nSPS) is 22.2. The van der Waals surface area contributed by atoms with Crippen molar-refractivity contribution in [1.82, 2.24) is 44.8 Å². The van der Waals surface area contributed by atoms with E-state index in [-0.39, 0.29) is 30.6 Å². The van der Waals surface area contributed by atoms with Crippen molar-refractivity contribution in [1.29, 1.82) is 5.26 Å². The maximum atomic E-state index is 13.5. The highest BCUT2D eigenvalue weighted by molar-refractivity contribution is 7.18.